The zero-order chi connectivity index (χ0) is 16.3. The molecule has 22 heavy (non-hydrogen) atoms. The van der Waals surface area contributed by atoms with Crippen molar-refractivity contribution in [3.05, 3.63) is 22.8 Å². The lowest BCUT2D eigenvalue weighted by Gasteiger charge is -2.35. The van der Waals surface area contributed by atoms with Gasteiger partial charge >= 0.3 is 6.18 Å². The van der Waals surface area contributed by atoms with Crippen molar-refractivity contribution in [2.45, 2.75) is 6.18 Å². The summed E-state index contributed by atoms with van der Waals surface area (Å²) in [5.41, 5.74) is -0.886. The molecule has 1 fully saturated rings. The monoisotopic (exact) mass is 339 g/mol. The van der Waals surface area contributed by atoms with E-state index in [4.69, 9.17) is 11.6 Å². The lowest BCUT2D eigenvalue weighted by molar-refractivity contribution is -0.685. The van der Waals surface area contributed by atoms with Gasteiger partial charge in [-0.05, 0) is 6.07 Å². The van der Waals surface area contributed by atoms with Gasteiger partial charge in [0.15, 0.2) is 6.61 Å². The highest BCUT2D eigenvalue weighted by atomic mass is 35.5. The third-order valence-corrected chi connectivity index (χ3v) is 3.58. The van der Waals surface area contributed by atoms with Crippen LogP contribution in [0.2, 0.25) is 5.02 Å². The Morgan fingerprint density at radius 3 is 2.50 bits per heavy atom. The third kappa shape index (κ3) is 3.79. The van der Waals surface area contributed by atoms with Gasteiger partial charge in [0.2, 0.25) is 0 Å². The van der Waals surface area contributed by atoms with Gasteiger partial charge in [0.25, 0.3) is 5.91 Å². The average Bonchev–Trinajstić information content (AvgIpc) is 2.46. The highest BCUT2D eigenvalue weighted by Gasteiger charge is 2.32. The van der Waals surface area contributed by atoms with Gasteiger partial charge in [-0.15, -0.1) is 0 Å². The van der Waals surface area contributed by atoms with Crippen molar-refractivity contribution in [1.29, 1.82) is 0 Å². The fourth-order valence-corrected chi connectivity index (χ4v) is 2.45. The number of carbonyl (C=O) groups excluding carboxylic acids is 1. The Kier molecular flexibility index (Phi) is 5.09. The number of piperazine rings is 1. The van der Waals surface area contributed by atoms with Crippen LogP contribution in [0.3, 0.4) is 0 Å². The summed E-state index contributed by atoms with van der Waals surface area (Å²) >= 11 is 5.90. The van der Waals surface area contributed by atoms with E-state index in [1.807, 2.05) is 0 Å². The Morgan fingerprint density at radius 1 is 1.36 bits per heavy atom. The zero-order valence-electron chi connectivity index (χ0n) is 11.6. The maximum atomic E-state index is 12.6. The topological polar surface area (TPSA) is 73.3 Å². The van der Waals surface area contributed by atoms with Crippen LogP contribution in [-0.2, 0) is 15.8 Å². The summed E-state index contributed by atoms with van der Waals surface area (Å²) in [6.45, 7) is 1.60. The van der Waals surface area contributed by atoms with Crippen molar-refractivity contribution < 1.29 is 28.7 Å². The molecule has 1 saturated heterocycles. The largest absolute Gasteiger partial charge is 0.417 e. The third-order valence-electron chi connectivity index (χ3n) is 3.31. The molecule has 3 N–H and O–H groups in total. The minimum absolute atomic E-state index is 0.0595. The molecule has 1 aromatic rings. The van der Waals surface area contributed by atoms with E-state index in [0.717, 1.165) is 12.3 Å². The molecule has 2 rings (SSSR count). The molecule has 0 saturated carbocycles. The van der Waals surface area contributed by atoms with Gasteiger partial charge < -0.3 is 9.80 Å². The van der Waals surface area contributed by atoms with E-state index in [0.29, 0.717) is 26.2 Å². The Balaban J connectivity index is 2.04. The van der Waals surface area contributed by atoms with Gasteiger partial charge in [0.1, 0.15) is 5.82 Å². The van der Waals surface area contributed by atoms with Crippen molar-refractivity contribution in [3.8, 4) is 0 Å². The molecule has 0 spiro atoms. The highest BCUT2D eigenvalue weighted by molar-refractivity contribution is 6.33. The van der Waals surface area contributed by atoms with Crippen molar-refractivity contribution in [3.63, 3.8) is 0 Å². The lowest BCUT2D eigenvalue weighted by atomic mass is 10.2. The SMILES string of the molecule is [NH3+]OCC(=O)N1CCN(c2ncc(C(F)(F)F)cc2Cl)CC1. The molecule has 2 heterocycles. The van der Waals surface area contributed by atoms with Gasteiger partial charge in [-0.1, -0.05) is 11.6 Å². The quantitative estimate of drug-likeness (QED) is 0.817. The smallest absolute Gasteiger partial charge is 0.352 e. The number of alkyl halides is 3. The highest BCUT2D eigenvalue weighted by Crippen LogP contribution is 2.33. The summed E-state index contributed by atoms with van der Waals surface area (Å²) in [6.07, 6.45) is -3.72. The first kappa shape index (κ1) is 16.8. The van der Waals surface area contributed by atoms with E-state index in [9.17, 15) is 18.0 Å². The molecular formula is C12H15ClF3N4O2+. The molecule has 6 nitrogen and oxygen atoms in total. The first-order valence-electron chi connectivity index (χ1n) is 6.45. The number of halogens is 4. The Bertz CT molecular complexity index is 548. The van der Waals surface area contributed by atoms with Crippen molar-refractivity contribution in [2.24, 2.45) is 0 Å². The molecule has 0 atom stereocenters. The van der Waals surface area contributed by atoms with E-state index in [2.05, 4.69) is 15.7 Å². The van der Waals surface area contributed by atoms with Crippen LogP contribution in [0.4, 0.5) is 19.0 Å². The molecular weight excluding hydrogens is 325 g/mol. The first-order chi connectivity index (χ1) is 10.3. The minimum Gasteiger partial charge on any atom is -0.352 e. The standard InChI is InChI=1S/C12H15ClF3N4O2/c13-9-5-8(12(14,15)16)6-18-11(9)20-3-1-19(2-4-20)10(21)7-22-17/h5-6H,1-4,7H2,17H3/q+1. The zero-order valence-corrected chi connectivity index (χ0v) is 12.3. The van der Waals surface area contributed by atoms with E-state index >= 15 is 0 Å². The molecule has 0 aromatic carbocycles. The summed E-state index contributed by atoms with van der Waals surface area (Å²) in [6, 6.07) is 0.859. The molecule has 122 valence electrons. The summed E-state index contributed by atoms with van der Waals surface area (Å²) in [4.78, 5) is 23.3. The predicted molar refractivity (Wildman–Crippen MR) is 71.9 cm³/mol. The minimum atomic E-state index is -4.48. The van der Waals surface area contributed by atoms with Crippen LogP contribution in [-0.4, -0.2) is 48.6 Å². The number of carbonyl (C=O) groups is 1. The van der Waals surface area contributed by atoms with Crippen molar-refractivity contribution >= 4 is 23.3 Å². The lowest BCUT2D eigenvalue weighted by Crippen LogP contribution is -2.55. The van der Waals surface area contributed by atoms with Gasteiger partial charge in [0.05, 0.1) is 10.6 Å². The van der Waals surface area contributed by atoms with Crippen LogP contribution in [0.15, 0.2) is 12.3 Å². The van der Waals surface area contributed by atoms with Gasteiger partial charge in [0, 0.05) is 32.4 Å². The number of hydrogen-bond acceptors (Lipinski definition) is 4. The van der Waals surface area contributed by atoms with E-state index in [-0.39, 0.29) is 23.4 Å². The Labute approximate surface area is 129 Å². The summed E-state index contributed by atoms with van der Waals surface area (Å²) < 4.78 is 37.7. The second kappa shape index (κ2) is 6.67. The number of amides is 1. The maximum absolute atomic E-state index is 12.6. The van der Waals surface area contributed by atoms with Crippen LogP contribution >= 0.6 is 11.6 Å². The summed E-state index contributed by atoms with van der Waals surface area (Å²) in [5.74, 6) is 3.25. The van der Waals surface area contributed by atoms with Crippen LogP contribution in [0.5, 0.6) is 0 Å². The van der Waals surface area contributed by atoms with Crippen LogP contribution in [0.25, 0.3) is 0 Å². The van der Waals surface area contributed by atoms with Crippen molar-refractivity contribution in [2.75, 3.05) is 37.7 Å². The van der Waals surface area contributed by atoms with Gasteiger partial charge in [-0.2, -0.15) is 18.0 Å². The number of anilines is 1. The van der Waals surface area contributed by atoms with E-state index in [1.54, 1.807) is 9.80 Å². The van der Waals surface area contributed by atoms with Crippen LogP contribution < -0.4 is 10.8 Å². The maximum Gasteiger partial charge on any atom is 0.417 e. The molecule has 0 aliphatic carbocycles. The molecule has 0 bridgehead atoms. The second-order valence-corrected chi connectivity index (χ2v) is 5.15. The Morgan fingerprint density at radius 2 is 2.00 bits per heavy atom. The average molecular weight is 340 g/mol. The molecule has 0 radical (unpaired) electrons. The van der Waals surface area contributed by atoms with Crippen LogP contribution in [0, 0.1) is 0 Å². The normalized spacial score (nSPS) is 16.0. The number of aromatic nitrogens is 1. The second-order valence-electron chi connectivity index (χ2n) is 4.74. The predicted octanol–water partition coefficient (Wildman–Crippen LogP) is 0.576. The number of quaternary nitrogens is 1. The fourth-order valence-electron chi connectivity index (χ4n) is 2.16. The van der Waals surface area contributed by atoms with Gasteiger partial charge in [-0.3, -0.25) is 4.79 Å². The van der Waals surface area contributed by atoms with E-state index in [1.165, 1.54) is 0 Å². The molecule has 1 aromatic heterocycles. The molecule has 1 aliphatic heterocycles. The summed E-state index contributed by atoms with van der Waals surface area (Å²) in [7, 11) is 0. The number of rotatable bonds is 3. The molecule has 0 unspecified atom stereocenters. The summed E-state index contributed by atoms with van der Waals surface area (Å²) in [5, 5.41) is -0.0595. The van der Waals surface area contributed by atoms with Gasteiger partial charge in [-0.25, -0.2) is 10.9 Å². The first-order valence-corrected chi connectivity index (χ1v) is 6.83. The van der Waals surface area contributed by atoms with Crippen LogP contribution in [0.1, 0.15) is 5.56 Å². The number of hydrogen-bond donors (Lipinski definition) is 1. The van der Waals surface area contributed by atoms with Crippen molar-refractivity contribution in [1.82, 2.24) is 9.88 Å². The number of pyridine rings is 1. The van der Waals surface area contributed by atoms with E-state index < -0.39 is 11.7 Å². The Hall–Kier alpha value is -1.58. The molecule has 1 amide bonds. The molecule has 10 heteroatoms. The fraction of sp³-hybridized carbons (Fsp3) is 0.500. The molecule has 1 aliphatic rings. The number of nitrogens with zero attached hydrogens (tertiary/aromatic N) is 3.